The number of aromatic hydroxyl groups is 1. The van der Waals surface area contributed by atoms with E-state index in [0.717, 1.165) is 0 Å². The van der Waals surface area contributed by atoms with Crippen LogP contribution < -0.4 is 4.74 Å². The molecule has 0 aliphatic carbocycles. The molecule has 0 atom stereocenters. The molecule has 0 unspecified atom stereocenters. The van der Waals surface area contributed by atoms with Crippen molar-refractivity contribution in [2.24, 2.45) is 0 Å². The first kappa shape index (κ1) is 10.1. The van der Waals surface area contributed by atoms with Crippen molar-refractivity contribution < 1.29 is 14.6 Å². The van der Waals surface area contributed by atoms with E-state index in [1.54, 1.807) is 6.07 Å². The van der Waals surface area contributed by atoms with E-state index in [1.165, 1.54) is 13.2 Å². The molecule has 1 aromatic carbocycles. The van der Waals surface area contributed by atoms with Crippen LogP contribution in [0.2, 0.25) is 0 Å². The Morgan fingerprint density at radius 2 is 2.31 bits per heavy atom. The number of benzene rings is 1. The first-order valence-corrected chi connectivity index (χ1v) is 4.76. The van der Waals surface area contributed by atoms with E-state index in [1.807, 2.05) is 0 Å². The van der Waals surface area contributed by atoms with Crippen LogP contribution in [0.25, 0.3) is 0 Å². The fraction of sp³-hybridized carbons (Fsp3) is 0.222. The number of hydrogen-bond acceptors (Lipinski definition) is 3. The molecule has 0 heterocycles. The summed E-state index contributed by atoms with van der Waals surface area (Å²) < 4.78 is 4.96. The van der Waals surface area contributed by atoms with E-state index in [4.69, 9.17) is 4.74 Å². The molecule has 0 bridgehead atoms. The van der Waals surface area contributed by atoms with Gasteiger partial charge in [0.15, 0.2) is 6.29 Å². The average Bonchev–Trinajstić information content (AvgIpc) is 2.18. The zero-order valence-electron chi connectivity index (χ0n) is 7.08. The first-order valence-electron chi connectivity index (χ1n) is 3.64. The Morgan fingerprint density at radius 3 is 2.77 bits per heavy atom. The molecule has 70 valence electrons. The maximum Gasteiger partial charge on any atom is 0.153 e. The van der Waals surface area contributed by atoms with Crippen LogP contribution in [0, 0.1) is 0 Å². The molecule has 0 aromatic heterocycles. The fourth-order valence-electron chi connectivity index (χ4n) is 0.998. The number of alkyl halides is 1. The Bertz CT molecular complexity index is 323. The summed E-state index contributed by atoms with van der Waals surface area (Å²) in [5.74, 6) is 0.571. The van der Waals surface area contributed by atoms with Gasteiger partial charge in [0.1, 0.15) is 11.5 Å². The molecule has 0 radical (unpaired) electrons. The molecular weight excluding hydrogens is 236 g/mol. The molecule has 3 nitrogen and oxygen atoms in total. The number of methoxy groups -OCH3 is 1. The second kappa shape index (κ2) is 4.28. The standard InChI is InChI=1S/C9H9BrO3/c1-13-8-2-6(4-10)9(12)7(3-8)5-11/h2-3,5,12H,4H2,1H3. The summed E-state index contributed by atoms with van der Waals surface area (Å²) in [6, 6.07) is 3.17. The van der Waals surface area contributed by atoms with E-state index in [0.29, 0.717) is 22.9 Å². The summed E-state index contributed by atoms with van der Waals surface area (Å²) in [6.07, 6.45) is 0.601. The van der Waals surface area contributed by atoms with E-state index in [9.17, 15) is 9.90 Å². The number of halogens is 1. The molecule has 1 rings (SSSR count). The van der Waals surface area contributed by atoms with Gasteiger partial charge in [-0.05, 0) is 12.1 Å². The summed E-state index contributed by atoms with van der Waals surface area (Å²) in [4.78, 5) is 10.5. The van der Waals surface area contributed by atoms with Crippen molar-refractivity contribution in [3.63, 3.8) is 0 Å². The Kier molecular flexibility index (Phi) is 3.31. The molecule has 0 saturated carbocycles. The van der Waals surface area contributed by atoms with Gasteiger partial charge < -0.3 is 9.84 Å². The Morgan fingerprint density at radius 1 is 1.62 bits per heavy atom. The van der Waals surface area contributed by atoms with E-state index >= 15 is 0 Å². The van der Waals surface area contributed by atoms with Gasteiger partial charge >= 0.3 is 0 Å². The van der Waals surface area contributed by atoms with Crippen molar-refractivity contribution in [2.75, 3.05) is 7.11 Å². The van der Waals surface area contributed by atoms with E-state index in [-0.39, 0.29) is 11.3 Å². The highest BCUT2D eigenvalue weighted by atomic mass is 79.9. The maximum absolute atomic E-state index is 10.5. The zero-order valence-corrected chi connectivity index (χ0v) is 8.67. The first-order chi connectivity index (χ1) is 6.22. The molecule has 4 heteroatoms. The van der Waals surface area contributed by atoms with Crippen molar-refractivity contribution in [1.82, 2.24) is 0 Å². The molecular formula is C9H9BrO3. The lowest BCUT2D eigenvalue weighted by atomic mass is 10.1. The maximum atomic E-state index is 10.5. The molecule has 0 aliphatic heterocycles. The Balaban J connectivity index is 3.28. The molecule has 0 amide bonds. The average molecular weight is 245 g/mol. The van der Waals surface area contributed by atoms with Crippen molar-refractivity contribution in [1.29, 1.82) is 0 Å². The highest BCUT2D eigenvalue weighted by Crippen LogP contribution is 2.28. The van der Waals surface area contributed by atoms with Crippen LogP contribution in [0.3, 0.4) is 0 Å². The Hall–Kier alpha value is -1.03. The minimum absolute atomic E-state index is 0.00711. The lowest BCUT2D eigenvalue weighted by Gasteiger charge is -2.06. The van der Waals surface area contributed by atoms with E-state index in [2.05, 4.69) is 15.9 Å². The number of carbonyl (C=O) groups excluding carboxylic acids is 1. The van der Waals surface area contributed by atoms with Gasteiger partial charge in [-0.2, -0.15) is 0 Å². The van der Waals surface area contributed by atoms with Crippen molar-refractivity contribution in [3.8, 4) is 11.5 Å². The number of phenols is 1. The monoisotopic (exact) mass is 244 g/mol. The van der Waals surface area contributed by atoms with Crippen LogP contribution in [0.15, 0.2) is 12.1 Å². The minimum Gasteiger partial charge on any atom is -0.507 e. The smallest absolute Gasteiger partial charge is 0.153 e. The molecule has 0 aliphatic rings. The normalized spacial score (nSPS) is 9.69. The van der Waals surface area contributed by atoms with Gasteiger partial charge in [-0.1, -0.05) is 15.9 Å². The number of rotatable bonds is 3. The number of phenolic OH excluding ortho intramolecular Hbond substituents is 1. The third-order valence-electron chi connectivity index (χ3n) is 1.70. The van der Waals surface area contributed by atoms with Gasteiger partial charge in [0.05, 0.1) is 12.7 Å². The highest BCUT2D eigenvalue weighted by Gasteiger charge is 2.08. The molecule has 1 N–H and O–H groups in total. The van der Waals surface area contributed by atoms with Gasteiger partial charge in [0.25, 0.3) is 0 Å². The topological polar surface area (TPSA) is 46.5 Å². The fourth-order valence-corrected chi connectivity index (χ4v) is 1.43. The molecule has 0 spiro atoms. The van der Waals surface area contributed by atoms with Crippen LogP contribution >= 0.6 is 15.9 Å². The van der Waals surface area contributed by atoms with E-state index < -0.39 is 0 Å². The largest absolute Gasteiger partial charge is 0.507 e. The van der Waals surface area contributed by atoms with Gasteiger partial charge in [-0.25, -0.2) is 0 Å². The van der Waals surface area contributed by atoms with Gasteiger partial charge in [-0.3, -0.25) is 4.79 Å². The lowest BCUT2D eigenvalue weighted by molar-refractivity contribution is 0.112. The van der Waals surface area contributed by atoms with Crippen LogP contribution in [-0.4, -0.2) is 18.5 Å². The van der Waals surface area contributed by atoms with Gasteiger partial charge in [0.2, 0.25) is 0 Å². The van der Waals surface area contributed by atoms with Crippen LogP contribution in [-0.2, 0) is 5.33 Å². The number of carbonyl (C=O) groups is 1. The lowest BCUT2D eigenvalue weighted by Crippen LogP contribution is -1.91. The summed E-state index contributed by atoms with van der Waals surface area (Å²) >= 11 is 3.20. The SMILES string of the molecule is COc1cc(C=O)c(O)c(CBr)c1. The number of ether oxygens (including phenoxy) is 1. The van der Waals surface area contributed by atoms with Gasteiger partial charge in [0, 0.05) is 10.9 Å². The van der Waals surface area contributed by atoms with Crippen molar-refractivity contribution in [3.05, 3.63) is 23.3 Å². The highest BCUT2D eigenvalue weighted by molar-refractivity contribution is 9.08. The third kappa shape index (κ3) is 2.01. The third-order valence-corrected chi connectivity index (χ3v) is 2.30. The number of aldehydes is 1. The molecule has 0 fully saturated rings. The minimum atomic E-state index is 0.00711. The summed E-state index contributed by atoms with van der Waals surface area (Å²) in [7, 11) is 1.51. The summed E-state index contributed by atoms with van der Waals surface area (Å²) in [5.41, 5.74) is 0.884. The van der Waals surface area contributed by atoms with Crippen molar-refractivity contribution in [2.45, 2.75) is 5.33 Å². The predicted molar refractivity (Wildman–Crippen MR) is 52.7 cm³/mol. The second-order valence-corrected chi connectivity index (χ2v) is 3.04. The summed E-state index contributed by atoms with van der Waals surface area (Å²) in [5, 5.41) is 9.97. The predicted octanol–water partition coefficient (Wildman–Crippen LogP) is 2.11. The quantitative estimate of drug-likeness (QED) is 0.655. The van der Waals surface area contributed by atoms with Gasteiger partial charge in [-0.15, -0.1) is 0 Å². The molecule has 0 saturated heterocycles. The van der Waals surface area contributed by atoms with Crippen LogP contribution in [0.4, 0.5) is 0 Å². The molecule has 13 heavy (non-hydrogen) atoms. The second-order valence-electron chi connectivity index (χ2n) is 2.48. The summed E-state index contributed by atoms with van der Waals surface area (Å²) in [6.45, 7) is 0. The van der Waals surface area contributed by atoms with Crippen molar-refractivity contribution >= 4 is 22.2 Å². The molecule has 1 aromatic rings. The number of hydrogen-bond donors (Lipinski definition) is 1. The van der Waals surface area contributed by atoms with Crippen LogP contribution in [0.1, 0.15) is 15.9 Å². The zero-order chi connectivity index (χ0) is 9.84. The van der Waals surface area contributed by atoms with Crippen LogP contribution in [0.5, 0.6) is 11.5 Å². The Labute approximate surface area is 84.5 Å².